The lowest BCUT2D eigenvalue weighted by Crippen LogP contribution is -2.28. The summed E-state index contributed by atoms with van der Waals surface area (Å²) in [6.07, 6.45) is 4.10. The zero-order valence-electron chi connectivity index (χ0n) is 9.08. The SMILES string of the molecule is CSCC(C)CNC(=O)CCCCO. The van der Waals surface area contributed by atoms with Gasteiger partial charge in [0.25, 0.3) is 0 Å². The summed E-state index contributed by atoms with van der Waals surface area (Å²) in [5.41, 5.74) is 0. The monoisotopic (exact) mass is 219 g/mol. The van der Waals surface area contributed by atoms with E-state index in [0.29, 0.717) is 18.8 Å². The van der Waals surface area contributed by atoms with Crippen LogP contribution in [0.2, 0.25) is 0 Å². The first kappa shape index (κ1) is 13.8. The number of carbonyl (C=O) groups is 1. The maximum Gasteiger partial charge on any atom is 0.220 e. The van der Waals surface area contributed by atoms with E-state index in [0.717, 1.165) is 18.7 Å². The van der Waals surface area contributed by atoms with Crippen LogP contribution in [0.15, 0.2) is 0 Å². The van der Waals surface area contributed by atoms with Crippen molar-refractivity contribution in [2.75, 3.05) is 25.2 Å². The van der Waals surface area contributed by atoms with Gasteiger partial charge in [-0.15, -0.1) is 0 Å². The topological polar surface area (TPSA) is 49.3 Å². The van der Waals surface area contributed by atoms with Crippen LogP contribution in [-0.2, 0) is 4.79 Å². The molecule has 0 saturated carbocycles. The average molecular weight is 219 g/mol. The predicted octanol–water partition coefficient (Wildman–Crippen LogP) is 1.26. The molecule has 14 heavy (non-hydrogen) atoms. The zero-order valence-corrected chi connectivity index (χ0v) is 9.90. The molecule has 0 rings (SSSR count). The van der Waals surface area contributed by atoms with Crippen LogP contribution in [0.5, 0.6) is 0 Å². The minimum Gasteiger partial charge on any atom is -0.396 e. The predicted molar refractivity (Wildman–Crippen MR) is 61.5 cm³/mol. The summed E-state index contributed by atoms with van der Waals surface area (Å²) in [4.78, 5) is 11.2. The second-order valence-electron chi connectivity index (χ2n) is 3.55. The lowest BCUT2D eigenvalue weighted by atomic mass is 10.2. The summed E-state index contributed by atoms with van der Waals surface area (Å²) in [5, 5.41) is 11.4. The van der Waals surface area contributed by atoms with Crippen molar-refractivity contribution in [2.24, 2.45) is 5.92 Å². The Morgan fingerprint density at radius 1 is 1.50 bits per heavy atom. The molecular formula is C10H21NO2S. The van der Waals surface area contributed by atoms with Gasteiger partial charge in [0.2, 0.25) is 5.91 Å². The van der Waals surface area contributed by atoms with Crippen LogP contribution < -0.4 is 5.32 Å². The van der Waals surface area contributed by atoms with Gasteiger partial charge in [-0.3, -0.25) is 4.79 Å². The Hall–Kier alpha value is -0.220. The van der Waals surface area contributed by atoms with E-state index in [2.05, 4.69) is 18.5 Å². The third kappa shape index (κ3) is 8.38. The highest BCUT2D eigenvalue weighted by atomic mass is 32.2. The average Bonchev–Trinajstić information content (AvgIpc) is 2.16. The number of aliphatic hydroxyl groups excluding tert-OH is 1. The summed E-state index contributed by atoms with van der Waals surface area (Å²) in [6.45, 7) is 3.07. The van der Waals surface area contributed by atoms with Gasteiger partial charge >= 0.3 is 0 Å². The number of rotatable bonds is 8. The standard InChI is InChI=1S/C10H21NO2S/c1-9(8-14-2)7-11-10(13)5-3-4-6-12/h9,12H,3-8H2,1-2H3,(H,11,13). The van der Waals surface area contributed by atoms with Crippen LogP contribution >= 0.6 is 11.8 Å². The van der Waals surface area contributed by atoms with E-state index in [4.69, 9.17) is 5.11 Å². The van der Waals surface area contributed by atoms with Gasteiger partial charge in [-0.05, 0) is 30.8 Å². The van der Waals surface area contributed by atoms with Gasteiger partial charge in [0.15, 0.2) is 0 Å². The van der Waals surface area contributed by atoms with Crippen molar-refractivity contribution in [3.63, 3.8) is 0 Å². The molecule has 0 aromatic carbocycles. The van der Waals surface area contributed by atoms with Crippen molar-refractivity contribution < 1.29 is 9.90 Å². The lowest BCUT2D eigenvalue weighted by Gasteiger charge is -2.10. The second kappa shape index (κ2) is 9.34. The van der Waals surface area contributed by atoms with Crippen molar-refractivity contribution in [1.29, 1.82) is 0 Å². The van der Waals surface area contributed by atoms with E-state index in [1.54, 1.807) is 11.8 Å². The van der Waals surface area contributed by atoms with Crippen molar-refractivity contribution in [3.8, 4) is 0 Å². The highest BCUT2D eigenvalue weighted by Crippen LogP contribution is 2.03. The fraction of sp³-hybridized carbons (Fsp3) is 0.900. The van der Waals surface area contributed by atoms with E-state index >= 15 is 0 Å². The lowest BCUT2D eigenvalue weighted by molar-refractivity contribution is -0.121. The van der Waals surface area contributed by atoms with Crippen LogP contribution in [0.4, 0.5) is 0 Å². The van der Waals surface area contributed by atoms with Gasteiger partial charge in [0.1, 0.15) is 0 Å². The second-order valence-corrected chi connectivity index (χ2v) is 4.46. The Morgan fingerprint density at radius 3 is 2.79 bits per heavy atom. The normalized spacial score (nSPS) is 12.5. The molecule has 1 unspecified atom stereocenters. The Balaban J connectivity index is 3.34. The van der Waals surface area contributed by atoms with E-state index in [-0.39, 0.29) is 12.5 Å². The number of hydrogen-bond acceptors (Lipinski definition) is 3. The third-order valence-corrected chi connectivity index (χ3v) is 2.81. The van der Waals surface area contributed by atoms with Crippen LogP contribution in [0, 0.1) is 5.92 Å². The number of amides is 1. The molecule has 0 aliphatic carbocycles. The van der Waals surface area contributed by atoms with E-state index in [1.807, 2.05) is 0 Å². The smallest absolute Gasteiger partial charge is 0.220 e. The van der Waals surface area contributed by atoms with Crippen molar-refractivity contribution in [3.05, 3.63) is 0 Å². The van der Waals surface area contributed by atoms with Crippen molar-refractivity contribution >= 4 is 17.7 Å². The van der Waals surface area contributed by atoms with Crippen LogP contribution in [-0.4, -0.2) is 36.2 Å². The molecule has 1 atom stereocenters. The first-order valence-corrected chi connectivity index (χ1v) is 6.46. The van der Waals surface area contributed by atoms with Crippen LogP contribution in [0.3, 0.4) is 0 Å². The number of hydrogen-bond donors (Lipinski definition) is 2. The molecule has 0 radical (unpaired) electrons. The van der Waals surface area contributed by atoms with Gasteiger partial charge < -0.3 is 10.4 Å². The quantitative estimate of drug-likeness (QED) is 0.604. The largest absolute Gasteiger partial charge is 0.396 e. The maximum absolute atomic E-state index is 11.2. The van der Waals surface area contributed by atoms with Gasteiger partial charge in [-0.25, -0.2) is 0 Å². The summed E-state index contributed by atoms with van der Waals surface area (Å²) in [6, 6.07) is 0. The Labute approximate surface area is 90.7 Å². The van der Waals surface area contributed by atoms with Gasteiger partial charge in [0, 0.05) is 19.6 Å². The third-order valence-electron chi connectivity index (χ3n) is 1.91. The molecule has 0 aliphatic heterocycles. The molecular weight excluding hydrogens is 198 g/mol. The van der Waals surface area contributed by atoms with E-state index < -0.39 is 0 Å². The number of unbranched alkanes of at least 4 members (excludes halogenated alkanes) is 1. The Kier molecular flexibility index (Phi) is 9.19. The summed E-state index contributed by atoms with van der Waals surface area (Å²) in [5.74, 6) is 1.72. The molecule has 0 aromatic heterocycles. The summed E-state index contributed by atoms with van der Waals surface area (Å²) >= 11 is 1.80. The highest BCUT2D eigenvalue weighted by Gasteiger charge is 2.04. The van der Waals surface area contributed by atoms with Gasteiger partial charge in [0.05, 0.1) is 0 Å². The molecule has 3 nitrogen and oxygen atoms in total. The van der Waals surface area contributed by atoms with Crippen LogP contribution in [0.25, 0.3) is 0 Å². The van der Waals surface area contributed by atoms with Gasteiger partial charge in [-0.2, -0.15) is 11.8 Å². The first-order chi connectivity index (χ1) is 6.70. The molecule has 0 heterocycles. The zero-order chi connectivity index (χ0) is 10.8. The van der Waals surface area contributed by atoms with E-state index in [9.17, 15) is 4.79 Å². The number of nitrogens with one attached hydrogen (secondary N) is 1. The van der Waals surface area contributed by atoms with Crippen molar-refractivity contribution in [2.45, 2.75) is 26.2 Å². The molecule has 0 saturated heterocycles. The molecule has 0 bridgehead atoms. The minimum atomic E-state index is 0.103. The Bertz CT molecular complexity index is 153. The first-order valence-electron chi connectivity index (χ1n) is 5.07. The molecule has 0 spiro atoms. The number of aliphatic hydroxyl groups is 1. The molecule has 1 amide bonds. The molecule has 2 N–H and O–H groups in total. The maximum atomic E-state index is 11.2. The molecule has 0 aliphatic rings. The fourth-order valence-electron chi connectivity index (χ4n) is 1.12. The van der Waals surface area contributed by atoms with Crippen molar-refractivity contribution in [1.82, 2.24) is 5.32 Å². The Morgan fingerprint density at radius 2 is 2.21 bits per heavy atom. The summed E-state index contributed by atoms with van der Waals surface area (Å²) < 4.78 is 0. The van der Waals surface area contributed by atoms with E-state index in [1.165, 1.54) is 0 Å². The molecule has 4 heteroatoms. The minimum absolute atomic E-state index is 0.103. The molecule has 0 fully saturated rings. The highest BCUT2D eigenvalue weighted by molar-refractivity contribution is 7.98. The number of carbonyl (C=O) groups excluding carboxylic acids is 1. The molecule has 0 aromatic rings. The summed E-state index contributed by atoms with van der Waals surface area (Å²) in [7, 11) is 0. The van der Waals surface area contributed by atoms with Crippen LogP contribution in [0.1, 0.15) is 26.2 Å². The van der Waals surface area contributed by atoms with Gasteiger partial charge in [-0.1, -0.05) is 6.92 Å². The molecule has 84 valence electrons. The number of thioether (sulfide) groups is 1. The fourth-order valence-corrected chi connectivity index (χ4v) is 1.80.